The first kappa shape index (κ1) is 28.3. The number of nitrogens with zero attached hydrogens (tertiary/aromatic N) is 2. The second-order valence-electron chi connectivity index (χ2n) is 10.7. The van der Waals surface area contributed by atoms with Crippen LogP contribution in [0, 0.1) is 5.92 Å². The van der Waals surface area contributed by atoms with Gasteiger partial charge in [-0.25, -0.2) is 4.79 Å². The highest BCUT2D eigenvalue weighted by molar-refractivity contribution is 6.02. The fourth-order valence-corrected chi connectivity index (χ4v) is 5.06. The maximum absolute atomic E-state index is 13.7. The molecule has 0 saturated carbocycles. The number of aliphatic hydroxyl groups excluding tert-OH is 1. The Bertz CT molecular complexity index is 1380. The zero-order chi connectivity index (χ0) is 28.9. The number of carbonyl (C=O) groups excluding carboxylic acids is 2. The number of ether oxygens (including phenoxy) is 3. The average molecular weight is 561 g/mol. The Balaban J connectivity index is 1.35. The molecule has 3 aromatic carbocycles. The van der Waals surface area contributed by atoms with Crippen molar-refractivity contribution in [1.82, 2.24) is 9.80 Å². The molecule has 0 aliphatic carbocycles. The minimum atomic E-state index is -0.424. The fourth-order valence-electron chi connectivity index (χ4n) is 5.06. The SMILES string of the molecule is C[C@H]1CN([C@@H](C)CO)C(=O)c2cc(NC(=O)Nc3ccccc3)ccc2O[C@@H]1CN(C)Cc1ccc2c(c1)OCO2. The van der Waals surface area contributed by atoms with E-state index in [1.807, 2.05) is 50.4 Å². The lowest BCUT2D eigenvalue weighted by Crippen LogP contribution is -2.49. The lowest BCUT2D eigenvalue weighted by molar-refractivity contribution is 0.0341. The largest absolute Gasteiger partial charge is 0.488 e. The molecule has 2 aliphatic heterocycles. The summed E-state index contributed by atoms with van der Waals surface area (Å²) in [5, 5.41) is 15.5. The Morgan fingerprint density at radius 1 is 1.02 bits per heavy atom. The summed E-state index contributed by atoms with van der Waals surface area (Å²) in [6.45, 7) is 5.63. The van der Waals surface area contributed by atoms with E-state index in [1.165, 1.54) is 0 Å². The van der Waals surface area contributed by atoms with Crippen molar-refractivity contribution in [3.8, 4) is 17.2 Å². The number of para-hydroxylation sites is 1. The minimum absolute atomic E-state index is 0.0187. The molecule has 2 heterocycles. The molecule has 216 valence electrons. The number of amides is 3. The molecular formula is C31H36N4O6. The lowest BCUT2D eigenvalue weighted by atomic mass is 9.99. The summed E-state index contributed by atoms with van der Waals surface area (Å²) in [5.41, 5.74) is 2.53. The predicted molar refractivity (Wildman–Crippen MR) is 156 cm³/mol. The number of anilines is 2. The summed E-state index contributed by atoms with van der Waals surface area (Å²) in [6, 6.07) is 19.3. The van der Waals surface area contributed by atoms with Gasteiger partial charge in [-0.05, 0) is 62.0 Å². The van der Waals surface area contributed by atoms with Crippen LogP contribution >= 0.6 is 0 Å². The van der Waals surface area contributed by atoms with Crippen LogP contribution in [0.4, 0.5) is 16.2 Å². The molecule has 0 radical (unpaired) electrons. The van der Waals surface area contributed by atoms with Crippen molar-refractivity contribution < 1.29 is 28.9 Å². The fraction of sp³-hybridized carbons (Fsp3) is 0.355. The van der Waals surface area contributed by atoms with Crippen LogP contribution in [0.3, 0.4) is 0 Å². The highest BCUT2D eigenvalue weighted by atomic mass is 16.7. The minimum Gasteiger partial charge on any atom is -0.488 e. The van der Waals surface area contributed by atoms with E-state index in [0.717, 1.165) is 17.1 Å². The molecule has 5 rings (SSSR count). The van der Waals surface area contributed by atoms with E-state index < -0.39 is 6.03 Å². The molecule has 2 aliphatic rings. The first-order chi connectivity index (χ1) is 19.8. The van der Waals surface area contributed by atoms with Gasteiger partial charge in [0.25, 0.3) is 5.91 Å². The first-order valence-corrected chi connectivity index (χ1v) is 13.7. The number of fused-ring (bicyclic) bond motifs is 2. The van der Waals surface area contributed by atoms with Crippen LogP contribution in [-0.4, -0.2) is 72.5 Å². The quantitative estimate of drug-likeness (QED) is 0.374. The number of nitrogens with one attached hydrogen (secondary N) is 2. The van der Waals surface area contributed by atoms with Crippen molar-refractivity contribution >= 4 is 23.3 Å². The Morgan fingerprint density at radius 3 is 2.54 bits per heavy atom. The zero-order valence-corrected chi connectivity index (χ0v) is 23.5. The van der Waals surface area contributed by atoms with Crippen molar-refractivity contribution in [3.05, 3.63) is 77.9 Å². The van der Waals surface area contributed by atoms with E-state index in [-0.39, 0.29) is 37.4 Å². The molecule has 0 aromatic heterocycles. The molecule has 3 aromatic rings. The number of carbonyl (C=O) groups is 2. The van der Waals surface area contributed by atoms with E-state index >= 15 is 0 Å². The van der Waals surface area contributed by atoms with Crippen molar-refractivity contribution in [1.29, 1.82) is 0 Å². The van der Waals surface area contributed by atoms with Crippen molar-refractivity contribution in [2.75, 3.05) is 44.2 Å². The standard InChI is InChI=1S/C31H36N4O6/c1-20-15-35(21(2)18-36)30(37)25-14-24(33-31(38)32-23-7-5-4-6-8-23)10-12-26(25)41-29(20)17-34(3)16-22-9-11-27-28(13-22)40-19-39-27/h4-14,20-21,29,36H,15-19H2,1-3H3,(H2,32,33,38)/t20-,21-,29+/m0/s1. The number of aliphatic hydroxyl groups is 1. The van der Waals surface area contributed by atoms with Crippen molar-refractivity contribution in [2.24, 2.45) is 5.92 Å². The predicted octanol–water partition coefficient (Wildman–Crippen LogP) is 4.41. The number of hydrogen-bond acceptors (Lipinski definition) is 7. The second kappa shape index (κ2) is 12.5. The summed E-state index contributed by atoms with van der Waals surface area (Å²) in [5.74, 6) is 1.66. The third-order valence-corrected chi connectivity index (χ3v) is 7.34. The van der Waals surface area contributed by atoms with E-state index in [4.69, 9.17) is 14.2 Å². The van der Waals surface area contributed by atoms with Gasteiger partial charge in [0.15, 0.2) is 11.5 Å². The Hall–Kier alpha value is -4.28. The normalized spacial score (nSPS) is 18.7. The van der Waals surface area contributed by atoms with E-state index in [1.54, 1.807) is 35.2 Å². The summed E-state index contributed by atoms with van der Waals surface area (Å²) in [7, 11) is 2.03. The molecule has 0 saturated heterocycles. The monoisotopic (exact) mass is 560 g/mol. The second-order valence-corrected chi connectivity index (χ2v) is 10.7. The van der Waals surface area contributed by atoms with Gasteiger partial charge in [0.2, 0.25) is 6.79 Å². The Kier molecular flexibility index (Phi) is 8.61. The molecule has 3 amide bonds. The Morgan fingerprint density at radius 2 is 1.76 bits per heavy atom. The number of hydrogen-bond donors (Lipinski definition) is 3. The third kappa shape index (κ3) is 6.72. The van der Waals surface area contributed by atoms with Crippen LogP contribution in [0.25, 0.3) is 0 Å². The lowest BCUT2D eigenvalue weighted by Gasteiger charge is -2.38. The maximum atomic E-state index is 13.7. The summed E-state index contributed by atoms with van der Waals surface area (Å²) >= 11 is 0. The highest BCUT2D eigenvalue weighted by Crippen LogP contribution is 2.33. The molecule has 3 atom stereocenters. The van der Waals surface area contributed by atoms with Gasteiger partial charge in [-0.1, -0.05) is 31.2 Å². The van der Waals surface area contributed by atoms with Crippen LogP contribution in [-0.2, 0) is 6.54 Å². The summed E-state index contributed by atoms with van der Waals surface area (Å²) in [4.78, 5) is 30.2. The zero-order valence-electron chi connectivity index (χ0n) is 23.5. The number of likely N-dealkylation sites (N-methyl/N-ethyl adjacent to an activating group) is 1. The molecular weight excluding hydrogens is 524 g/mol. The summed E-state index contributed by atoms with van der Waals surface area (Å²) < 4.78 is 17.4. The molecule has 0 unspecified atom stereocenters. The average Bonchev–Trinajstić information content (AvgIpc) is 3.43. The molecule has 0 spiro atoms. The van der Waals surface area contributed by atoms with Crippen molar-refractivity contribution in [2.45, 2.75) is 32.5 Å². The van der Waals surface area contributed by atoms with Gasteiger partial charge in [-0.15, -0.1) is 0 Å². The summed E-state index contributed by atoms with van der Waals surface area (Å²) in [6.07, 6.45) is -0.241. The van der Waals surface area contributed by atoms with Gasteiger partial charge < -0.3 is 34.9 Å². The number of rotatable bonds is 8. The molecule has 3 N–H and O–H groups in total. The molecule has 0 fully saturated rings. The van der Waals surface area contributed by atoms with E-state index in [2.05, 4.69) is 22.5 Å². The van der Waals surface area contributed by atoms with Crippen LogP contribution in [0.2, 0.25) is 0 Å². The van der Waals surface area contributed by atoms with E-state index in [9.17, 15) is 14.7 Å². The van der Waals surface area contributed by atoms with Gasteiger partial charge >= 0.3 is 6.03 Å². The number of benzene rings is 3. The van der Waals surface area contributed by atoms with Gasteiger partial charge in [0.05, 0.1) is 18.2 Å². The third-order valence-electron chi connectivity index (χ3n) is 7.34. The van der Waals surface area contributed by atoms with Gasteiger partial charge in [-0.2, -0.15) is 0 Å². The highest BCUT2D eigenvalue weighted by Gasteiger charge is 2.33. The number of urea groups is 1. The maximum Gasteiger partial charge on any atom is 0.323 e. The molecule has 10 heteroatoms. The molecule has 10 nitrogen and oxygen atoms in total. The topological polar surface area (TPSA) is 113 Å². The smallest absolute Gasteiger partial charge is 0.323 e. The van der Waals surface area contributed by atoms with E-state index in [0.29, 0.717) is 42.3 Å². The van der Waals surface area contributed by atoms with Crippen LogP contribution in [0.1, 0.15) is 29.8 Å². The first-order valence-electron chi connectivity index (χ1n) is 13.7. The Labute approximate surface area is 239 Å². The van der Waals surface area contributed by atoms with Crippen LogP contribution in [0.5, 0.6) is 17.2 Å². The van der Waals surface area contributed by atoms with Crippen LogP contribution < -0.4 is 24.8 Å². The van der Waals surface area contributed by atoms with Gasteiger partial charge in [-0.3, -0.25) is 9.69 Å². The van der Waals surface area contributed by atoms with Gasteiger partial charge in [0, 0.05) is 36.9 Å². The molecule has 41 heavy (non-hydrogen) atoms. The van der Waals surface area contributed by atoms with Gasteiger partial charge in [0.1, 0.15) is 11.9 Å². The molecule has 0 bridgehead atoms. The van der Waals surface area contributed by atoms with Crippen LogP contribution in [0.15, 0.2) is 66.7 Å². The van der Waals surface area contributed by atoms with Crippen molar-refractivity contribution in [3.63, 3.8) is 0 Å².